The van der Waals surface area contributed by atoms with Gasteiger partial charge in [-0.1, -0.05) is 66.5 Å². The van der Waals surface area contributed by atoms with Gasteiger partial charge in [0.25, 0.3) is 0 Å². The highest BCUT2D eigenvalue weighted by atomic mass is 32.1. The predicted molar refractivity (Wildman–Crippen MR) is 199 cm³/mol. The molecule has 0 aliphatic heterocycles. The molecule has 1 aromatic rings. The number of carbonyl (C=O) groups is 3. The SMILES string of the molecule is CCCCCC(CCC1C(C)CC2Cc3c(cccc3OCC(=O)O)CC21)OC(=O)N(C)C(C)C(=O)NCCNCC(C)(C)CC(C)(C)S. The molecule has 0 radical (unpaired) electrons. The van der Waals surface area contributed by atoms with Gasteiger partial charge >= 0.3 is 12.1 Å². The Labute approximate surface area is 301 Å². The Morgan fingerprint density at radius 1 is 1.10 bits per heavy atom. The number of unbranched alkanes of at least 4 members (excludes halogenated alkanes) is 2. The molecule has 2 amide bonds. The molecular weight excluding hydrogens is 639 g/mol. The van der Waals surface area contributed by atoms with E-state index in [1.165, 1.54) is 16.0 Å². The normalized spacial score (nSPS) is 21.7. The second kappa shape index (κ2) is 18.7. The summed E-state index contributed by atoms with van der Waals surface area (Å²) in [5, 5.41) is 15.5. The van der Waals surface area contributed by atoms with Crippen molar-refractivity contribution in [2.75, 3.05) is 33.3 Å². The van der Waals surface area contributed by atoms with Gasteiger partial charge in [-0.15, -0.1) is 0 Å². The maximum atomic E-state index is 13.3. The number of benzene rings is 1. The minimum absolute atomic E-state index is 0.0447. The number of carbonyl (C=O) groups excluding carboxylic acids is 2. The Kier molecular flexibility index (Phi) is 15.6. The third-order valence-electron chi connectivity index (χ3n) is 10.6. The van der Waals surface area contributed by atoms with Gasteiger partial charge in [0.15, 0.2) is 6.61 Å². The van der Waals surface area contributed by atoms with Crippen molar-refractivity contribution in [2.24, 2.45) is 29.1 Å². The summed E-state index contributed by atoms with van der Waals surface area (Å²) in [5.41, 5.74) is 2.52. The summed E-state index contributed by atoms with van der Waals surface area (Å²) in [6.07, 6.45) is 9.16. The molecular formula is C39H65N3O6S. The monoisotopic (exact) mass is 703 g/mol. The molecule has 1 saturated carbocycles. The number of carboxylic acid groups (broad SMARTS) is 1. The Morgan fingerprint density at radius 3 is 2.51 bits per heavy atom. The fourth-order valence-corrected chi connectivity index (χ4v) is 8.81. The lowest BCUT2D eigenvalue weighted by molar-refractivity contribution is -0.139. The van der Waals surface area contributed by atoms with Crippen molar-refractivity contribution in [1.29, 1.82) is 0 Å². The van der Waals surface area contributed by atoms with E-state index in [1.54, 1.807) is 14.0 Å². The zero-order valence-electron chi connectivity index (χ0n) is 31.5. The first-order valence-corrected chi connectivity index (χ1v) is 19.1. The molecule has 9 nitrogen and oxygen atoms in total. The zero-order valence-corrected chi connectivity index (χ0v) is 32.4. The molecule has 2 aliphatic carbocycles. The first-order chi connectivity index (χ1) is 23.0. The van der Waals surface area contributed by atoms with E-state index in [-0.39, 0.29) is 28.8 Å². The summed E-state index contributed by atoms with van der Waals surface area (Å²) < 4.78 is 11.7. The number of likely N-dealkylation sites (N-methyl/N-ethyl adjacent to an activating group) is 1. The van der Waals surface area contributed by atoms with E-state index in [0.29, 0.717) is 42.5 Å². The predicted octanol–water partition coefficient (Wildman–Crippen LogP) is 7.15. The molecule has 10 heteroatoms. The molecule has 2 aliphatic rings. The summed E-state index contributed by atoms with van der Waals surface area (Å²) in [6.45, 7) is 16.6. The molecule has 0 spiro atoms. The van der Waals surface area contributed by atoms with Crippen molar-refractivity contribution in [1.82, 2.24) is 15.5 Å². The van der Waals surface area contributed by atoms with Crippen LogP contribution < -0.4 is 15.4 Å². The molecule has 278 valence electrons. The summed E-state index contributed by atoms with van der Waals surface area (Å²) in [4.78, 5) is 38.8. The highest BCUT2D eigenvalue weighted by molar-refractivity contribution is 7.81. The molecule has 49 heavy (non-hydrogen) atoms. The van der Waals surface area contributed by atoms with Crippen LogP contribution in [0.3, 0.4) is 0 Å². The van der Waals surface area contributed by atoms with E-state index in [0.717, 1.165) is 70.8 Å². The number of hydrogen-bond acceptors (Lipinski definition) is 7. The number of thiol groups is 1. The van der Waals surface area contributed by atoms with Gasteiger partial charge in [0.05, 0.1) is 0 Å². The fraction of sp³-hybridized carbons (Fsp3) is 0.769. The maximum absolute atomic E-state index is 13.3. The Morgan fingerprint density at radius 2 is 1.84 bits per heavy atom. The molecule has 6 atom stereocenters. The number of nitrogens with one attached hydrogen (secondary N) is 2. The largest absolute Gasteiger partial charge is 0.482 e. The third-order valence-corrected chi connectivity index (χ3v) is 10.8. The second-order valence-corrected chi connectivity index (χ2v) is 17.5. The van der Waals surface area contributed by atoms with Crippen molar-refractivity contribution >= 4 is 30.6 Å². The van der Waals surface area contributed by atoms with Crippen LogP contribution in [0.4, 0.5) is 4.79 Å². The van der Waals surface area contributed by atoms with Crippen LogP contribution in [0, 0.1) is 29.1 Å². The van der Waals surface area contributed by atoms with E-state index < -0.39 is 18.1 Å². The van der Waals surface area contributed by atoms with Crippen molar-refractivity contribution in [2.45, 2.75) is 130 Å². The Hall–Kier alpha value is -2.46. The van der Waals surface area contributed by atoms with E-state index in [1.807, 2.05) is 12.1 Å². The summed E-state index contributed by atoms with van der Waals surface area (Å²) in [5.74, 6) is 1.71. The highest BCUT2D eigenvalue weighted by Gasteiger charge is 2.44. The second-order valence-electron chi connectivity index (χ2n) is 16.3. The van der Waals surface area contributed by atoms with Gasteiger partial charge < -0.3 is 25.2 Å². The standard InChI is InChI=1S/C39H65N3O6S/c1-9-10-11-14-30(48-37(46)42(8)27(3)36(45)41-19-18-40-25-38(4,5)24-39(6,7)49)16-17-31-26(2)20-29-22-33-28(21-32(29)31)13-12-15-34(33)47-23-35(43)44/h12-13,15,26-27,29-32,40,49H,9-11,14,16-25H2,1-8H3,(H,41,45)(H,43,44). The van der Waals surface area contributed by atoms with Crippen molar-refractivity contribution in [3.8, 4) is 5.75 Å². The Bertz CT molecular complexity index is 1230. The summed E-state index contributed by atoms with van der Waals surface area (Å²) in [7, 11) is 1.65. The lowest BCUT2D eigenvalue weighted by Crippen LogP contribution is -2.48. The molecule has 6 unspecified atom stereocenters. The lowest BCUT2D eigenvalue weighted by atomic mass is 9.73. The molecule has 0 aromatic heterocycles. The lowest BCUT2D eigenvalue weighted by Gasteiger charge is -2.33. The first-order valence-electron chi connectivity index (χ1n) is 18.6. The molecule has 3 rings (SSSR count). The molecule has 3 N–H and O–H groups in total. The molecule has 0 saturated heterocycles. The van der Waals surface area contributed by atoms with Crippen molar-refractivity contribution in [3.05, 3.63) is 29.3 Å². The number of nitrogens with zero attached hydrogens (tertiary/aromatic N) is 1. The van der Waals surface area contributed by atoms with Crippen LogP contribution in [0.5, 0.6) is 5.75 Å². The van der Waals surface area contributed by atoms with Crippen LogP contribution in [0.1, 0.15) is 111 Å². The number of ether oxygens (including phenoxy) is 2. The van der Waals surface area contributed by atoms with Gasteiger partial charge in [-0.05, 0) is 105 Å². The zero-order chi connectivity index (χ0) is 36.4. The number of fused-ring (bicyclic) bond motifs is 2. The number of aliphatic carboxylic acids is 1. The van der Waals surface area contributed by atoms with Gasteiger partial charge in [0, 0.05) is 31.4 Å². The molecule has 1 fully saturated rings. The number of hydrogen-bond donors (Lipinski definition) is 4. The van der Waals surface area contributed by atoms with E-state index >= 15 is 0 Å². The van der Waals surface area contributed by atoms with Gasteiger partial charge in [0.1, 0.15) is 17.9 Å². The van der Waals surface area contributed by atoms with E-state index in [2.05, 4.69) is 70.9 Å². The van der Waals surface area contributed by atoms with Crippen LogP contribution in [0.15, 0.2) is 18.2 Å². The minimum Gasteiger partial charge on any atom is -0.482 e. The molecule has 0 bridgehead atoms. The highest BCUT2D eigenvalue weighted by Crippen LogP contribution is 2.51. The van der Waals surface area contributed by atoms with Gasteiger partial charge in [-0.25, -0.2) is 9.59 Å². The summed E-state index contributed by atoms with van der Waals surface area (Å²) >= 11 is 4.67. The van der Waals surface area contributed by atoms with Crippen molar-refractivity contribution < 1.29 is 29.0 Å². The third kappa shape index (κ3) is 13.0. The smallest absolute Gasteiger partial charge is 0.410 e. The number of carboxylic acids is 1. The molecule has 1 aromatic carbocycles. The van der Waals surface area contributed by atoms with Crippen LogP contribution in [-0.2, 0) is 27.2 Å². The van der Waals surface area contributed by atoms with Gasteiger partial charge in [0.2, 0.25) is 5.91 Å². The fourth-order valence-electron chi connectivity index (χ4n) is 8.38. The minimum atomic E-state index is -0.966. The first kappa shape index (κ1) is 41.0. The van der Waals surface area contributed by atoms with Gasteiger partial charge in [-0.3, -0.25) is 9.69 Å². The number of amides is 2. The summed E-state index contributed by atoms with van der Waals surface area (Å²) in [6, 6.07) is 5.37. The topological polar surface area (TPSA) is 117 Å². The van der Waals surface area contributed by atoms with Gasteiger partial charge in [-0.2, -0.15) is 12.6 Å². The van der Waals surface area contributed by atoms with E-state index in [9.17, 15) is 14.4 Å². The van der Waals surface area contributed by atoms with Crippen LogP contribution >= 0.6 is 12.6 Å². The van der Waals surface area contributed by atoms with E-state index in [4.69, 9.17) is 14.6 Å². The maximum Gasteiger partial charge on any atom is 0.410 e. The average molecular weight is 704 g/mol. The number of rotatable bonds is 20. The van der Waals surface area contributed by atoms with Crippen molar-refractivity contribution in [3.63, 3.8) is 0 Å². The molecule has 0 heterocycles. The van der Waals surface area contributed by atoms with Crippen LogP contribution in [-0.4, -0.2) is 78.2 Å². The average Bonchev–Trinajstić information content (AvgIpc) is 3.32. The van der Waals surface area contributed by atoms with Crippen LogP contribution in [0.25, 0.3) is 0 Å². The van der Waals surface area contributed by atoms with Crippen LogP contribution in [0.2, 0.25) is 0 Å². The Balaban J connectivity index is 1.52. The quantitative estimate of drug-likeness (QED) is 0.0842.